The highest BCUT2D eigenvalue weighted by Gasteiger charge is 2.32. The number of rotatable bonds is 3. The van der Waals surface area contributed by atoms with Crippen molar-refractivity contribution in [3.05, 3.63) is 29.6 Å². The van der Waals surface area contributed by atoms with Gasteiger partial charge in [0.1, 0.15) is 17.6 Å². The number of halogens is 1. The Bertz CT molecular complexity index is 724. The van der Waals surface area contributed by atoms with Crippen LogP contribution in [0.15, 0.2) is 18.2 Å². The lowest BCUT2D eigenvalue weighted by molar-refractivity contribution is -0.134. The molecule has 2 fully saturated rings. The van der Waals surface area contributed by atoms with Crippen molar-refractivity contribution in [2.45, 2.75) is 25.3 Å². The van der Waals surface area contributed by atoms with Gasteiger partial charge in [0.2, 0.25) is 11.8 Å². The van der Waals surface area contributed by atoms with E-state index in [0.717, 1.165) is 0 Å². The summed E-state index contributed by atoms with van der Waals surface area (Å²) in [6.07, 6.45) is 1.50. The van der Waals surface area contributed by atoms with E-state index in [2.05, 4.69) is 5.32 Å². The predicted octanol–water partition coefficient (Wildman–Crippen LogP) is 0.787. The second-order valence-electron chi connectivity index (χ2n) is 6.47. The van der Waals surface area contributed by atoms with E-state index < -0.39 is 11.9 Å². The number of amides is 3. The summed E-state index contributed by atoms with van der Waals surface area (Å²) in [4.78, 5) is 39.9. The van der Waals surface area contributed by atoms with Crippen molar-refractivity contribution < 1.29 is 23.5 Å². The van der Waals surface area contributed by atoms with Crippen LogP contribution in [0.1, 0.15) is 29.6 Å². The van der Waals surface area contributed by atoms with Crippen molar-refractivity contribution in [3.63, 3.8) is 0 Å². The predicted molar refractivity (Wildman–Crippen MR) is 91.2 cm³/mol. The molecule has 1 atom stereocenters. The first-order valence-corrected chi connectivity index (χ1v) is 8.70. The molecule has 3 rings (SSSR count). The van der Waals surface area contributed by atoms with E-state index in [1.54, 1.807) is 9.80 Å². The lowest BCUT2D eigenvalue weighted by Gasteiger charge is -2.24. The summed E-state index contributed by atoms with van der Waals surface area (Å²) in [5, 5.41) is 2.68. The summed E-state index contributed by atoms with van der Waals surface area (Å²) < 4.78 is 18.7. The summed E-state index contributed by atoms with van der Waals surface area (Å²) >= 11 is 0. The number of hydrogen-bond acceptors (Lipinski definition) is 4. The third-order valence-electron chi connectivity index (χ3n) is 4.78. The van der Waals surface area contributed by atoms with Crippen LogP contribution in [-0.4, -0.2) is 66.9 Å². The zero-order chi connectivity index (χ0) is 18.7. The molecule has 0 aliphatic carbocycles. The van der Waals surface area contributed by atoms with E-state index in [1.807, 2.05) is 0 Å². The van der Waals surface area contributed by atoms with Gasteiger partial charge in [0, 0.05) is 32.6 Å². The van der Waals surface area contributed by atoms with E-state index in [4.69, 9.17) is 4.74 Å². The van der Waals surface area contributed by atoms with Crippen molar-refractivity contribution in [1.82, 2.24) is 15.1 Å². The van der Waals surface area contributed by atoms with Crippen molar-refractivity contribution in [1.29, 1.82) is 0 Å². The van der Waals surface area contributed by atoms with Crippen LogP contribution < -0.4 is 10.1 Å². The number of carbonyl (C=O) groups excluding carboxylic acids is 3. The Balaban J connectivity index is 1.67. The Kier molecular flexibility index (Phi) is 5.39. The molecule has 1 unspecified atom stereocenters. The quantitative estimate of drug-likeness (QED) is 0.861. The number of benzene rings is 1. The molecular weight excluding hydrogens is 341 g/mol. The minimum absolute atomic E-state index is 0.103. The molecule has 2 aliphatic heterocycles. The van der Waals surface area contributed by atoms with Gasteiger partial charge in [-0.15, -0.1) is 0 Å². The van der Waals surface area contributed by atoms with Gasteiger partial charge in [-0.25, -0.2) is 4.39 Å². The fraction of sp³-hybridized carbons (Fsp3) is 0.500. The van der Waals surface area contributed by atoms with Crippen LogP contribution in [0, 0.1) is 5.82 Å². The Labute approximate surface area is 151 Å². The van der Waals surface area contributed by atoms with Crippen molar-refractivity contribution in [2.75, 3.05) is 33.3 Å². The normalized spacial score (nSPS) is 20.5. The Morgan fingerprint density at radius 3 is 2.62 bits per heavy atom. The molecule has 2 aliphatic rings. The highest BCUT2D eigenvalue weighted by molar-refractivity contribution is 5.97. The summed E-state index contributed by atoms with van der Waals surface area (Å²) in [7, 11) is 1.43. The van der Waals surface area contributed by atoms with E-state index in [9.17, 15) is 18.8 Å². The van der Waals surface area contributed by atoms with Crippen LogP contribution in [0.2, 0.25) is 0 Å². The van der Waals surface area contributed by atoms with Gasteiger partial charge in [-0.2, -0.15) is 0 Å². The Hall–Kier alpha value is -2.64. The lowest BCUT2D eigenvalue weighted by Crippen LogP contribution is -2.46. The molecule has 2 heterocycles. The maximum absolute atomic E-state index is 13.5. The number of carbonyl (C=O) groups is 3. The monoisotopic (exact) mass is 363 g/mol. The van der Waals surface area contributed by atoms with Crippen LogP contribution >= 0.6 is 0 Å². The number of nitrogens with one attached hydrogen (secondary N) is 1. The van der Waals surface area contributed by atoms with Gasteiger partial charge in [-0.1, -0.05) is 0 Å². The van der Waals surface area contributed by atoms with E-state index in [0.29, 0.717) is 51.2 Å². The number of hydrogen-bond donors (Lipinski definition) is 1. The first-order valence-electron chi connectivity index (χ1n) is 8.70. The van der Waals surface area contributed by atoms with Crippen molar-refractivity contribution >= 4 is 17.7 Å². The minimum atomic E-state index is -0.502. The van der Waals surface area contributed by atoms with Crippen LogP contribution in [0.4, 0.5) is 4.39 Å². The fourth-order valence-electron chi connectivity index (χ4n) is 3.38. The molecule has 7 nitrogen and oxygen atoms in total. The summed E-state index contributed by atoms with van der Waals surface area (Å²) in [6.45, 7) is 1.73. The molecule has 8 heteroatoms. The van der Waals surface area contributed by atoms with E-state index in [1.165, 1.54) is 25.3 Å². The molecule has 26 heavy (non-hydrogen) atoms. The van der Waals surface area contributed by atoms with Crippen LogP contribution in [-0.2, 0) is 9.59 Å². The fourth-order valence-corrected chi connectivity index (χ4v) is 3.38. The molecule has 0 bridgehead atoms. The number of methoxy groups -OCH3 is 1. The molecular formula is C18H22FN3O4. The summed E-state index contributed by atoms with van der Waals surface area (Å²) in [5.74, 6) is -0.702. The van der Waals surface area contributed by atoms with Crippen LogP contribution in [0.3, 0.4) is 0 Å². The average molecular weight is 363 g/mol. The van der Waals surface area contributed by atoms with Crippen LogP contribution in [0.25, 0.3) is 0 Å². The Morgan fingerprint density at radius 2 is 1.92 bits per heavy atom. The van der Waals surface area contributed by atoms with Crippen LogP contribution in [0.5, 0.6) is 5.75 Å². The molecule has 1 N–H and O–H groups in total. The zero-order valence-electron chi connectivity index (χ0n) is 14.7. The average Bonchev–Trinajstić information content (AvgIpc) is 2.92. The minimum Gasteiger partial charge on any atom is -0.496 e. The first kappa shape index (κ1) is 18.2. The van der Waals surface area contributed by atoms with E-state index >= 15 is 0 Å². The highest BCUT2D eigenvalue weighted by atomic mass is 19.1. The van der Waals surface area contributed by atoms with Gasteiger partial charge in [0.05, 0.1) is 12.7 Å². The molecule has 1 aromatic carbocycles. The van der Waals surface area contributed by atoms with Gasteiger partial charge in [0.25, 0.3) is 5.91 Å². The molecule has 0 saturated carbocycles. The third-order valence-corrected chi connectivity index (χ3v) is 4.78. The molecule has 0 spiro atoms. The second kappa shape index (κ2) is 7.72. The van der Waals surface area contributed by atoms with Gasteiger partial charge in [-0.05, 0) is 31.0 Å². The summed E-state index contributed by atoms with van der Waals surface area (Å²) in [6, 6.07) is 3.38. The molecule has 2 saturated heterocycles. The lowest BCUT2D eigenvalue weighted by atomic mass is 10.1. The standard InChI is InChI=1S/C18H22FN3O4/c1-26-15-5-3-12(19)11-13(15)17(24)21-7-2-8-22(10-9-21)18(25)14-4-6-16(23)20-14/h3,5,11,14H,2,4,6-10H2,1H3,(H,20,23). The SMILES string of the molecule is COc1ccc(F)cc1C(=O)N1CCCN(C(=O)C2CCC(=O)N2)CC1. The van der Waals surface area contributed by atoms with Gasteiger partial charge < -0.3 is 19.9 Å². The largest absolute Gasteiger partial charge is 0.496 e. The van der Waals surface area contributed by atoms with Crippen molar-refractivity contribution in [3.8, 4) is 5.75 Å². The highest BCUT2D eigenvalue weighted by Crippen LogP contribution is 2.22. The zero-order valence-corrected chi connectivity index (χ0v) is 14.7. The van der Waals surface area contributed by atoms with Gasteiger partial charge in [0.15, 0.2) is 0 Å². The van der Waals surface area contributed by atoms with Gasteiger partial charge in [-0.3, -0.25) is 14.4 Å². The maximum atomic E-state index is 13.5. The third kappa shape index (κ3) is 3.79. The molecule has 0 aromatic heterocycles. The molecule has 0 radical (unpaired) electrons. The molecule has 140 valence electrons. The summed E-state index contributed by atoms with van der Waals surface area (Å²) in [5.41, 5.74) is 0.176. The van der Waals surface area contributed by atoms with E-state index in [-0.39, 0.29) is 23.3 Å². The molecule has 1 aromatic rings. The smallest absolute Gasteiger partial charge is 0.257 e. The van der Waals surface area contributed by atoms with Crippen molar-refractivity contribution in [2.24, 2.45) is 0 Å². The Morgan fingerprint density at radius 1 is 1.19 bits per heavy atom. The first-order chi connectivity index (χ1) is 12.5. The van der Waals surface area contributed by atoms with Gasteiger partial charge >= 0.3 is 0 Å². The maximum Gasteiger partial charge on any atom is 0.257 e. The number of nitrogens with zero attached hydrogens (tertiary/aromatic N) is 2. The second-order valence-corrected chi connectivity index (χ2v) is 6.47. The number of ether oxygens (including phenoxy) is 1. The molecule has 3 amide bonds. The topological polar surface area (TPSA) is 79.0 Å².